The molecule has 1 atom stereocenters. The van der Waals surface area contributed by atoms with Crippen LogP contribution in [0.5, 0.6) is 0 Å². The van der Waals surface area contributed by atoms with Crippen molar-refractivity contribution in [3.8, 4) is 0 Å². The molecule has 1 aliphatic carbocycles. The van der Waals surface area contributed by atoms with Crippen molar-refractivity contribution in [2.75, 3.05) is 6.61 Å². The molecule has 0 amide bonds. The standard InChI is InChI=1S/C11H21OSi/c1-13(2,3)12-10-11-8-6-4-5-7-9-11/h4,6,8,11H,5,7,9-10H2,1-3H3. The summed E-state index contributed by atoms with van der Waals surface area (Å²) < 4.78 is 5.90. The Kier molecular flexibility index (Phi) is 4.46. The van der Waals surface area contributed by atoms with Gasteiger partial charge in [-0.3, -0.25) is 0 Å². The van der Waals surface area contributed by atoms with E-state index in [0.717, 1.165) is 6.61 Å². The smallest absolute Gasteiger partial charge is 0.183 e. The third-order valence-electron chi connectivity index (χ3n) is 2.20. The van der Waals surface area contributed by atoms with E-state index in [2.05, 4.69) is 38.9 Å². The topological polar surface area (TPSA) is 9.23 Å². The van der Waals surface area contributed by atoms with Crippen LogP contribution in [0.25, 0.3) is 0 Å². The van der Waals surface area contributed by atoms with Crippen molar-refractivity contribution in [3.63, 3.8) is 0 Å². The predicted octanol–water partition coefficient (Wildman–Crippen LogP) is 3.25. The maximum Gasteiger partial charge on any atom is 0.183 e. The molecule has 1 nitrogen and oxygen atoms in total. The fourth-order valence-electron chi connectivity index (χ4n) is 1.42. The molecule has 75 valence electrons. The van der Waals surface area contributed by atoms with Crippen molar-refractivity contribution < 1.29 is 4.43 Å². The first-order chi connectivity index (χ1) is 6.08. The van der Waals surface area contributed by atoms with Crippen LogP contribution in [0.3, 0.4) is 0 Å². The fraction of sp³-hybridized carbons (Fsp3) is 0.727. The Labute approximate surface area is 84.0 Å². The Balaban J connectivity index is 2.19. The number of hydrogen-bond acceptors (Lipinski definition) is 1. The molecule has 1 rings (SSSR count). The first-order valence-electron chi connectivity index (χ1n) is 5.22. The monoisotopic (exact) mass is 197 g/mol. The van der Waals surface area contributed by atoms with Crippen molar-refractivity contribution >= 4 is 8.32 Å². The van der Waals surface area contributed by atoms with Crippen LogP contribution in [0.1, 0.15) is 19.3 Å². The van der Waals surface area contributed by atoms with Crippen molar-refractivity contribution in [1.29, 1.82) is 0 Å². The maximum atomic E-state index is 5.90. The molecule has 0 bridgehead atoms. The summed E-state index contributed by atoms with van der Waals surface area (Å²) in [5.41, 5.74) is 0. The fourth-order valence-corrected chi connectivity index (χ4v) is 2.14. The summed E-state index contributed by atoms with van der Waals surface area (Å²) in [4.78, 5) is 0. The third kappa shape index (κ3) is 5.48. The van der Waals surface area contributed by atoms with Gasteiger partial charge in [-0.05, 0) is 57.7 Å². The number of hydrogen-bond donors (Lipinski definition) is 0. The molecule has 0 aromatic heterocycles. The summed E-state index contributed by atoms with van der Waals surface area (Å²) in [6.45, 7) is 7.68. The largest absolute Gasteiger partial charge is 0.417 e. The Morgan fingerprint density at radius 1 is 1.38 bits per heavy atom. The zero-order valence-electron chi connectivity index (χ0n) is 9.05. The van der Waals surface area contributed by atoms with E-state index in [1.54, 1.807) is 0 Å². The summed E-state index contributed by atoms with van der Waals surface area (Å²) in [6, 6.07) is 0. The van der Waals surface area contributed by atoms with Gasteiger partial charge >= 0.3 is 0 Å². The highest BCUT2D eigenvalue weighted by Crippen LogP contribution is 2.21. The second-order valence-electron chi connectivity index (χ2n) is 4.73. The molecule has 0 spiro atoms. The average Bonchev–Trinajstić information content (AvgIpc) is 2.26. The molecule has 3 radical (unpaired) electrons. The van der Waals surface area contributed by atoms with E-state index in [1.165, 1.54) is 19.3 Å². The van der Waals surface area contributed by atoms with E-state index in [-0.39, 0.29) is 0 Å². The van der Waals surface area contributed by atoms with E-state index in [9.17, 15) is 0 Å². The molecule has 1 saturated carbocycles. The first-order valence-corrected chi connectivity index (χ1v) is 8.63. The highest BCUT2D eigenvalue weighted by atomic mass is 28.4. The lowest BCUT2D eigenvalue weighted by atomic mass is 10.0. The predicted molar refractivity (Wildman–Crippen MR) is 59.5 cm³/mol. The zero-order chi connectivity index (χ0) is 9.73. The summed E-state index contributed by atoms with van der Waals surface area (Å²) in [6.07, 6.45) is 10.6. The van der Waals surface area contributed by atoms with Crippen LogP contribution >= 0.6 is 0 Å². The van der Waals surface area contributed by atoms with Gasteiger partial charge in [0.25, 0.3) is 0 Å². The van der Waals surface area contributed by atoms with E-state index < -0.39 is 8.32 Å². The van der Waals surface area contributed by atoms with Gasteiger partial charge in [-0.2, -0.15) is 0 Å². The first kappa shape index (κ1) is 11.3. The summed E-state index contributed by atoms with van der Waals surface area (Å²) >= 11 is 0. The molecule has 0 aliphatic heterocycles. The number of rotatable bonds is 3. The van der Waals surface area contributed by atoms with Crippen LogP contribution in [-0.4, -0.2) is 14.9 Å². The quantitative estimate of drug-likeness (QED) is 0.498. The summed E-state index contributed by atoms with van der Waals surface area (Å²) in [5.74, 6) is 0.658. The van der Waals surface area contributed by atoms with Gasteiger partial charge < -0.3 is 4.43 Å². The van der Waals surface area contributed by atoms with E-state index in [1.807, 2.05) is 0 Å². The lowest BCUT2D eigenvalue weighted by Gasteiger charge is -2.21. The maximum absolute atomic E-state index is 5.90. The second-order valence-corrected chi connectivity index (χ2v) is 9.25. The van der Waals surface area contributed by atoms with Gasteiger partial charge in [0, 0.05) is 6.61 Å². The summed E-state index contributed by atoms with van der Waals surface area (Å²) in [7, 11) is -1.30. The minimum absolute atomic E-state index is 0.658. The van der Waals surface area contributed by atoms with Crippen molar-refractivity contribution in [2.45, 2.75) is 38.9 Å². The van der Waals surface area contributed by atoms with Crippen molar-refractivity contribution in [2.24, 2.45) is 5.92 Å². The highest BCUT2D eigenvalue weighted by molar-refractivity contribution is 6.69. The Morgan fingerprint density at radius 3 is 2.85 bits per heavy atom. The molecule has 0 saturated heterocycles. The minimum atomic E-state index is -1.30. The molecule has 2 heteroatoms. The second kappa shape index (κ2) is 5.16. The minimum Gasteiger partial charge on any atom is -0.417 e. The molecule has 1 unspecified atom stereocenters. The van der Waals surface area contributed by atoms with Crippen LogP contribution in [0.2, 0.25) is 19.6 Å². The highest BCUT2D eigenvalue weighted by Gasteiger charge is 2.18. The van der Waals surface area contributed by atoms with Crippen LogP contribution in [0.4, 0.5) is 0 Å². The Morgan fingerprint density at radius 2 is 2.15 bits per heavy atom. The molecule has 13 heavy (non-hydrogen) atoms. The van der Waals surface area contributed by atoms with Gasteiger partial charge in [0.15, 0.2) is 8.32 Å². The van der Waals surface area contributed by atoms with Gasteiger partial charge in [-0.15, -0.1) is 0 Å². The lowest BCUT2D eigenvalue weighted by molar-refractivity contribution is 0.255. The molecule has 0 aromatic rings. The molecule has 1 fully saturated rings. The van der Waals surface area contributed by atoms with Crippen LogP contribution in [0, 0.1) is 25.2 Å². The molecule has 0 N–H and O–H groups in total. The van der Waals surface area contributed by atoms with Crippen molar-refractivity contribution in [3.05, 3.63) is 19.3 Å². The normalized spacial score (nSPS) is 21.5. The van der Waals surface area contributed by atoms with Gasteiger partial charge in [0.1, 0.15) is 0 Å². The van der Waals surface area contributed by atoms with Gasteiger partial charge in [0.2, 0.25) is 0 Å². The van der Waals surface area contributed by atoms with Crippen LogP contribution in [-0.2, 0) is 4.43 Å². The Bertz CT molecular complexity index is 132. The van der Waals surface area contributed by atoms with Gasteiger partial charge in [0.05, 0.1) is 0 Å². The summed E-state index contributed by atoms with van der Waals surface area (Å²) in [5, 5.41) is 0. The molecule has 1 aliphatic rings. The van der Waals surface area contributed by atoms with E-state index in [0.29, 0.717) is 5.92 Å². The Hall–Kier alpha value is 0.177. The molecule has 0 aromatic carbocycles. The molecular weight excluding hydrogens is 176 g/mol. The zero-order valence-corrected chi connectivity index (χ0v) is 10.0. The lowest BCUT2D eigenvalue weighted by Crippen LogP contribution is -2.28. The SMILES string of the molecule is C[Si](C)(C)OCC1[CH][CH][CH]CCC1. The van der Waals surface area contributed by atoms with Crippen LogP contribution in [0.15, 0.2) is 0 Å². The molecule has 0 heterocycles. The van der Waals surface area contributed by atoms with Crippen molar-refractivity contribution in [1.82, 2.24) is 0 Å². The van der Waals surface area contributed by atoms with E-state index in [4.69, 9.17) is 4.43 Å². The third-order valence-corrected chi connectivity index (χ3v) is 3.23. The van der Waals surface area contributed by atoms with Gasteiger partial charge in [-0.25, -0.2) is 0 Å². The average molecular weight is 197 g/mol. The van der Waals surface area contributed by atoms with E-state index >= 15 is 0 Å². The van der Waals surface area contributed by atoms with Gasteiger partial charge in [-0.1, -0.05) is 6.42 Å². The van der Waals surface area contributed by atoms with Crippen LogP contribution < -0.4 is 0 Å². The molecular formula is C11H21OSi.